The summed E-state index contributed by atoms with van der Waals surface area (Å²) in [6.45, 7) is 0. The lowest BCUT2D eigenvalue weighted by molar-refractivity contribution is -0.137. The molecule has 0 amide bonds. The molecule has 18 heavy (non-hydrogen) atoms. The van der Waals surface area contributed by atoms with E-state index in [4.69, 9.17) is 5.26 Å². The van der Waals surface area contributed by atoms with Crippen molar-refractivity contribution in [3.63, 3.8) is 0 Å². The van der Waals surface area contributed by atoms with Crippen molar-refractivity contribution in [3.05, 3.63) is 53.9 Å². The van der Waals surface area contributed by atoms with Gasteiger partial charge < -0.3 is 0 Å². The van der Waals surface area contributed by atoms with Crippen molar-refractivity contribution in [1.82, 2.24) is 4.98 Å². The zero-order chi connectivity index (χ0) is 13.2. The van der Waals surface area contributed by atoms with Gasteiger partial charge in [0.2, 0.25) is 0 Å². The van der Waals surface area contributed by atoms with E-state index in [1.165, 1.54) is 24.5 Å². The number of nitriles is 1. The number of alkyl halides is 3. The van der Waals surface area contributed by atoms with Crippen molar-refractivity contribution in [2.24, 2.45) is 0 Å². The highest BCUT2D eigenvalue weighted by Gasteiger charge is 2.33. The summed E-state index contributed by atoms with van der Waals surface area (Å²) in [5, 5.41) is 8.68. The summed E-state index contributed by atoms with van der Waals surface area (Å²) in [6, 6.07) is 8.46. The van der Waals surface area contributed by atoms with Crippen LogP contribution in [0.15, 0.2) is 42.7 Å². The first-order valence-corrected chi connectivity index (χ1v) is 5.04. The molecule has 1 aromatic heterocycles. The predicted molar refractivity (Wildman–Crippen MR) is 59.4 cm³/mol. The summed E-state index contributed by atoms with van der Waals surface area (Å²) >= 11 is 0. The van der Waals surface area contributed by atoms with Gasteiger partial charge in [-0.15, -0.1) is 0 Å². The number of benzene rings is 1. The molecular weight excluding hydrogens is 241 g/mol. The monoisotopic (exact) mass is 248 g/mol. The minimum Gasteiger partial charge on any atom is -0.264 e. The molecule has 0 aliphatic carbocycles. The van der Waals surface area contributed by atoms with E-state index in [-0.39, 0.29) is 5.56 Å². The second-order valence-corrected chi connectivity index (χ2v) is 3.61. The first-order chi connectivity index (χ1) is 8.52. The Morgan fingerprint density at radius 2 is 1.89 bits per heavy atom. The molecule has 0 aliphatic rings. The largest absolute Gasteiger partial charge is 0.417 e. The molecule has 0 radical (unpaired) electrons. The molecule has 0 saturated carbocycles. The summed E-state index contributed by atoms with van der Waals surface area (Å²) < 4.78 is 38.3. The highest BCUT2D eigenvalue weighted by Crippen LogP contribution is 2.34. The number of nitrogens with zero attached hydrogens (tertiary/aromatic N) is 2. The third kappa shape index (κ3) is 2.33. The predicted octanol–water partition coefficient (Wildman–Crippen LogP) is 3.64. The van der Waals surface area contributed by atoms with Crippen LogP contribution in [0.25, 0.3) is 11.1 Å². The first-order valence-electron chi connectivity index (χ1n) is 5.04. The van der Waals surface area contributed by atoms with Crippen LogP contribution in [0.2, 0.25) is 0 Å². The summed E-state index contributed by atoms with van der Waals surface area (Å²) in [5.74, 6) is 0. The highest BCUT2D eigenvalue weighted by molar-refractivity contribution is 5.65. The van der Waals surface area contributed by atoms with Crippen LogP contribution in [0.4, 0.5) is 13.2 Å². The van der Waals surface area contributed by atoms with Gasteiger partial charge in [-0.3, -0.25) is 4.98 Å². The Morgan fingerprint density at radius 3 is 2.44 bits per heavy atom. The third-order valence-electron chi connectivity index (χ3n) is 2.44. The highest BCUT2D eigenvalue weighted by atomic mass is 19.4. The number of halogens is 3. The van der Waals surface area contributed by atoms with E-state index in [0.29, 0.717) is 11.1 Å². The third-order valence-corrected chi connectivity index (χ3v) is 2.44. The van der Waals surface area contributed by atoms with Gasteiger partial charge in [0.05, 0.1) is 17.2 Å². The van der Waals surface area contributed by atoms with Gasteiger partial charge in [-0.1, -0.05) is 12.1 Å². The smallest absolute Gasteiger partial charge is 0.264 e. The van der Waals surface area contributed by atoms with E-state index in [9.17, 15) is 13.2 Å². The van der Waals surface area contributed by atoms with E-state index in [1.807, 2.05) is 0 Å². The maximum Gasteiger partial charge on any atom is 0.417 e. The standard InChI is InChI=1S/C13H7F3N2/c14-13(15,16)12-6-9(3-4-10(12)7-17)11-2-1-5-18-8-11/h1-6,8H. The van der Waals surface area contributed by atoms with Crippen molar-refractivity contribution in [3.8, 4) is 17.2 Å². The molecule has 0 aliphatic heterocycles. The van der Waals surface area contributed by atoms with Crippen LogP contribution in [-0.2, 0) is 6.18 Å². The van der Waals surface area contributed by atoms with Gasteiger partial charge in [0.1, 0.15) is 0 Å². The lowest BCUT2D eigenvalue weighted by Crippen LogP contribution is -2.07. The summed E-state index contributed by atoms with van der Waals surface area (Å²) in [5.41, 5.74) is -0.344. The van der Waals surface area contributed by atoms with Gasteiger partial charge in [0.15, 0.2) is 0 Å². The molecule has 0 fully saturated rings. The van der Waals surface area contributed by atoms with Crippen LogP contribution in [0.1, 0.15) is 11.1 Å². The summed E-state index contributed by atoms with van der Waals surface area (Å²) in [4.78, 5) is 3.85. The van der Waals surface area contributed by atoms with Crippen LogP contribution in [-0.4, -0.2) is 4.98 Å². The number of rotatable bonds is 1. The molecule has 2 nitrogen and oxygen atoms in total. The van der Waals surface area contributed by atoms with Gasteiger partial charge in [-0.2, -0.15) is 18.4 Å². The van der Waals surface area contributed by atoms with Crippen LogP contribution in [0, 0.1) is 11.3 Å². The van der Waals surface area contributed by atoms with Crippen LogP contribution in [0.5, 0.6) is 0 Å². The van der Waals surface area contributed by atoms with Crippen molar-refractivity contribution in [2.75, 3.05) is 0 Å². The lowest BCUT2D eigenvalue weighted by Gasteiger charge is -2.10. The van der Waals surface area contributed by atoms with Crippen molar-refractivity contribution >= 4 is 0 Å². The fourth-order valence-corrected chi connectivity index (χ4v) is 1.59. The SMILES string of the molecule is N#Cc1ccc(-c2cccnc2)cc1C(F)(F)F. The van der Waals surface area contributed by atoms with E-state index in [0.717, 1.165) is 6.07 Å². The molecule has 5 heteroatoms. The minimum atomic E-state index is -4.54. The fraction of sp³-hybridized carbons (Fsp3) is 0.0769. The van der Waals surface area contributed by atoms with Gasteiger partial charge in [0.25, 0.3) is 0 Å². The Hall–Kier alpha value is -2.35. The van der Waals surface area contributed by atoms with E-state index >= 15 is 0 Å². The molecule has 2 rings (SSSR count). The number of hydrogen-bond acceptors (Lipinski definition) is 2. The number of pyridine rings is 1. The first kappa shape index (κ1) is 12.1. The quantitative estimate of drug-likeness (QED) is 0.772. The number of aromatic nitrogens is 1. The molecule has 1 aromatic carbocycles. The van der Waals surface area contributed by atoms with Crippen molar-refractivity contribution in [2.45, 2.75) is 6.18 Å². The van der Waals surface area contributed by atoms with Crippen LogP contribution < -0.4 is 0 Å². The van der Waals surface area contributed by atoms with E-state index in [2.05, 4.69) is 4.98 Å². The molecule has 90 valence electrons. The Morgan fingerprint density at radius 1 is 1.11 bits per heavy atom. The topological polar surface area (TPSA) is 36.7 Å². The molecular formula is C13H7F3N2. The summed E-state index contributed by atoms with van der Waals surface area (Å²) in [6.07, 6.45) is -1.53. The zero-order valence-corrected chi connectivity index (χ0v) is 9.07. The Bertz CT molecular complexity index is 598. The van der Waals surface area contributed by atoms with Gasteiger partial charge >= 0.3 is 6.18 Å². The second kappa shape index (κ2) is 4.49. The molecule has 0 N–H and O–H groups in total. The Labute approximate surface area is 101 Å². The van der Waals surface area contributed by atoms with Gasteiger partial charge in [-0.05, 0) is 23.8 Å². The zero-order valence-electron chi connectivity index (χ0n) is 9.07. The maximum absolute atomic E-state index is 12.8. The average Bonchev–Trinajstić information content (AvgIpc) is 2.38. The second-order valence-electron chi connectivity index (χ2n) is 3.61. The molecule has 0 atom stereocenters. The fourth-order valence-electron chi connectivity index (χ4n) is 1.59. The Kier molecular flexibility index (Phi) is 3.02. The Balaban J connectivity index is 2.58. The van der Waals surface area contributed by atoms with E-state index < -0.39 is 11.7 Å². The van der Waals surface area contributed by atoms with Crippen molar-refractivity contribution < 1.29 is 13.2 Å². The normalized spacial score (nSPS) is 11.0. The molecule has 2 aromatic rings. The van der Waals surface area contributed by atoms with Gasteiger partial charge in [-0.25, -0.2) is 0 Å². The van der Waals surface area contributed by atoms with Crippen LogP contribution in [0.3, 0.4) is 0 Å². The van der Waals surface area contributed by atoms with Gasteiger partial charge in [0, 0.05) is 18.0 Å². The van der Waals surface area contributed by atoms with Crippen LogP contribution >= 0.6 is 0 Å². The molecule has 0 saturated heterocycles. The number of hydrogen-bond donors (Lipinski definition) is 0. The lowest BCUT2D eigenvalue weighted by atomic mass is 10.0. The molecule has 0 bridgehead atoms. The molecule has 0 spiro atoms. The van der Waals surface area contributed by atoms with E-state index in [1.54, 1.807) is 18.2 Å². The minimum absolute atomic E-state index is 0.379. The van der Waals surface area contributed by atoms with Crippen molar-refractivity contribution in [1.29, 1.82) is 5.26 Å². The average molecular weight is 248 g/mol. The maximum atomic E-state index is 12.8. The molecule has 1 heterocycles. The molecule has 0 unspecified atom stereocenters. The summed E-state index contributed by atoms with van der Waals surface area (Å²) in [7, 11) is 0.